The summed E-state index contributed by atoms with van der Waals surface area (Å²) in [6.07, 6.45) is 0.700. The van der Waals surface area contributed by atoms with Crippen LogP contribution in [0.15, 0.2) is 65.1 Å². The molecule has 0 unspecified atom stereocenters. The number of para-hydroxylation sites is 1. The summed E-state index contributed by atoms with van der Waals surface area (Å²) in [6, 6.07) is 20.2. The number of hydrogen-bond acceptors (Lipinski definition) is 5. The van der Waals surface area contributed by atoms with E-state index < -0.39 is 0 Å². The molecule has 3 aromatic heterocycles. The molecule has 0 N–H and O–H groups in total. The van der Waals surface area contributed by atoms with Gasteiger partial charge in [0, 0.05) is 11.8 Å². The molecule has 0 spiro atoms. The molecule has 0 aliphatic carbocycles. The van der Waals surface area contributed by atoms with Crippen LogP contribution in [0.4, 0.5) is 0 Å². The van der Waals surface area contributed by atoms with Crippen molar-refractivity contribution < 1.29 is 4.42 Å². The maximum absolute atomic E-state index is 5.90. The van der Waals surface area contributed by atoms with Gasteiger partial charge in [0.05, 0.1) is 0 Å². The van der Waals surface area contributed by atoms with Crippen LogP contribution >= 0.6 is 11.3 Å². The molecule has 3 heterocycles. The Morgan fingerprint density at radius 1 is 0.958 bits per heavy atom. The van der Waals surface area contributed by atoms with Crippen molar-refractivity contribution in [3.05, 3.63) is 72.1 Å². The van der Waals surface area contributed by atoms with Crippen LogP contribution in [0.1, 0.15) is 11.4 Å². The highest BCUT2D eigenvalue weighted by Crippen LogP contribution is 2.30. The van der Waals surface area contributed by atoms with Crippen LogP contribution in [0.2, 0.25) is 0 Å². The number of rotatable bonds is 3. The fraction of sp³-hybridized carbons (Fsp3) is 0.0556. The lowest BCUT2D eigenvalue weighted by atomic mass is 10.1. The highest BCUT2D eigenvalue weighted by atomic mass is 32.1. The van der Waals surface area contributed by atoms with Crippen molar-refractivity contribution in [1.82, 2.24) is 19.8 Å². The van der Waals surface area contributed by atoms with E-state index in [1.54, 1.807) is 4.52 Å². The largest absolute Gasteiger partial charge is 0.453 e. The van der Waals surface area contributed by atoms with Gasteiger partial charge in [-0.2, -0.15) is 4.52 Å². The molecule has 0 radical (unpaired) electrons. The van der Waals surface area contributed by atoms with Crippen molar-refractivity contribution in [2.24, 2.45) is 0 Å². The topological polar surface area (TPSA) is 56.2 Å². The zero-order valence-corrected chi connectivity index (χ0v) is 13.4. The zero-order valence-electron chi connectivity index (χ0n) is 12.6. The molecule has 6 heteroatoms. The van der Waals surface area contributed by atoms with Crippen molar-refractivity contribution in [2.45, 2.75) is 6.42 Å². The number of hydrogen-bond donors (Lipinski definition) is 0. The number of fused-ring (bicyclic) bond motifs is 2. The van der Waals surface area contributed by atoms with Crippen LogP contribution in [0.3, 0.4) is 0 Å². The van der Waals surface area contributed by atoms with E-state index in [1.807, 2.05) is 48.5 Å². The predicted molar refractivity (Wildman–Crippen MR) is 93.1 cm³/mol. The molecule has 24 heavy (non-hydrogen) atoms. The van der Waals surface area contributed by atoms with Crippen LogP contribution in [0.5, 0.6) is 0 Å². The molecule has 0 amide bonds. The summed E-state index contributed by atoms with van der Waals surface area (Å²) in [7, 11) is 0. The van der Waals surface area contributed by atoms with Crippen molar-refractivity contribution in [3.8, 4) is 10.8 Å². The SMILES string of the molecule is c1ccc(Cc2nnc3sc(-c4cc5ccccc5o4)nn23)cc1. The van der Waals surface area contributed by atoms with E-state index >= 15 is 0 Å². The van der Waals surface area contributed by atoms with Crippen molar-refractivity contribution in [1.29, 1.82) is 0 Å². The first-order chi connectivity index (χ1) is 11.9. The summed E-state index contributed by atoms with van der Waals surface area (Å²) in [5.74, 6) is 1.59. The highest BCUT2D eigenvalue weighted by molar-refractivity contribution is 7.19. The molecule has 5 nitrogen and oxygen atoms in total. The fourth-order valence-electron chi connectivity index (χ4n) is 2.73. The number of nitrogens with zero attached hydrogens (tertiary/aromatic N) is 4. The van der Waals surface area contributed by atoms with Gasteiger partial charge >= 0.3 is 0 Å². The number of aromatic nitrogens is 4. The van der Waals surface area contributed by atoms with Gasteiger partial charge in [0.15, 0.2) is 16.6 Å². The van der Waals surface area contributed by atoms with Gasteiger partial charge in [-0.05, 0) is 17.7 Å². The van der Waals surface area contributed by atoms with E-state index in [-0.39, 0.29) is 0 Å². The number of benzene rings is 2. The van der Waals surface area contributed by atoms with Crippen LogP contribution in [0.25, 0.3) is 26.7 Å². The minimum atomic E-state index is 0.700. The smallest absolute Gasteiger partial charge is 0.235 e. The Kier molecular flexibility index (Phi) is 2.96. The van der Waals surface area contributed by atoms with Crippen LogP contribution in [-0.4, -0.2) is 19.8 Å². The Morgan fingerprint density at radius 3 is 2.67 bits per heavy atom. The third-order valence-corrected chi connectivity index (χ3v) is 4.81. The van der Waals surface area contributed by atoms with Crippen molar-refractivity contribution in [2.75, 3.05) is 0 Å². The molecule has 0 fully saturated rings. The van der Waals surface area contributed by atoms with E-state index in [0.717, 1.165) is 32.5 Å². The van der Waals surface area contributed by atoms with Gasteiger partial charge in [-0.15, -0.1) is 15.3 Å². The van der Waals surface area contributed by atoms with Crippen LogP contribution in [0, 0.1) is 0 Å². The summed E-state index contributed by atoms with van der Waals surface area (Å²) < 4.78 is 7.70. The average molecular weight is 332 g/mol. The summed E-state index contributed by atoms with van der Waals surface area (Å²) in [4.78, 5) is 0.774. The Morgan fingerprint density at radius 2 is 1.79 bits per heavy atom. The lowest BCUT2D eigenvalue weighted by Gasteiger charge is -1.97. The van der Waals surface area contributed by atoms with E-state index in [9.17, 15) is 0 Å². The molecule has 0 saturated heterocycles. The third kappa shape index (κ3) is 2.19. The zero-order chi connectivity index (χ0) is 15.9. The maximum Gasteiger partial charge on any atom is 0.235 e. The first-order valence-corrected chi connectivity index (χ1v) is 8.42. The Bertz CT molecular complexity index is 1110. The van der Waals surface area contributed by atoms with Gasteiger partial charge in [0.2, 0.25) is 4.96 Å². The lowest BCUT2D eigenvalue weighted by Crippen LogP contribution is -1.97. The second-order valence-electron chi connectivity index (χ2n) is 5.53. The molecule has 2 aromatic carbocycles. The number of furan rings is 1. The van der Waals surface area contributed by atoms with Gasteiger partial charge in [0.25, 0.3) is 0 Å². The maximum atomic E-state index is 5.90. The van der Waals surface area contributed by atoms with E-state index in [2.05, 4.69) is 27.4 Å². The molecule has 0 atom stereocenters. The summed E-state index contributed by atoms with van der Waals surface area (Å²) in [6.45, 7) is 0. The van der Waals surface area contributed by atoms with Gasteiger partial charge in [-0.1, -0.05) is 59.9 Å². The summed E-state index contributed by atoms with van der Waals surface area (Å²) in [5, 5.41) is 15.0. The van der Waals surface area contributed by atoms with Gasteiger partial charge < -0.3 is 4.42 Å². The lowest BCUT2D eigenvalue weighted by molar-refractivity contribution is 0.628. The molecular weight excluding hydrogens is 320 g/mol. The average Bonchev–Trinajstić information content (AvgIpc) is 3.30. The Balaban J connectivity index is 1.56. The minimum absolute atomic E-state index is 0.700. The Hall–Kier alpha value is -2.99. The van der Waals surface area contributed by atoms with Crippen LogP contribution < -0.4 is 0 Å². The second-order valence-corrected chi connectivity index (χ2v) is 6.48. The normalized spacial score (nSPS) is 11.5. The monoisotopic (exact) mass is 332 g/mol. The van der Waals surface area contributed by atoms with E-state index in [1.165, 1.54) is 16.9 Å². The first-order valence-electron chi connectivity index (χ1n) is 7.61. The summed E-state index contributed by atoms with van der Waals surface area (Å²) >= 11 is 1.48. The van der Waals surface area contributed by atoms with E-state index in [0.29, 0.717) is 6.42 Å². The third-order valence-electron chi connectivity index (χ3n) is 3.90. The van der Waals surface area contributed by atoms with Gasteiger partial charge in [-0.3, -0.25) is 0 Å². The molecular formula is C18H12N4OS. The van der Waals surface area contributed by atoms with Crippen molar-refractivity contribution >= 4 is 27.3 Å². The van der Waals surface area contributed by atoms with E-state index in [4.69, 9.17) is 4.42 Å². The quantitative estimate of drug-likeness (QED) is 0.497. The first kappa shape index (κ1) is 13.4. The molecule has 116 valence electrons. The van der Waals surface area contributed by atoms with Crippen LogP contribution in [-0.2, 0) is 6.42 Å². The molecule has 0 aliphatic rings. The molecule has 5 rings (SSSR count). The minimum Gasteiger partial charge on any atom is -0.453 e. The Labute approximate surface area is 141 Å². The molecule has 0 saturated carbocycles. The molecule has 0 aliphatic heterocycles. The summed E-state index contributed by atoms with van der Waals surface area (Å²) in [5.41, 5.74) is 2.05. The highest BCUT2D eigenvalue weighted by Gasteiger charge is 2.16. The standard InChI is InChI=1S/C18H12N4OS/c1-2-6-12(7-3-1)10-16-19-20-18-22(16)21-17(24-18)15-11-13-8-4-5-9-14(13)23-15/h1-9,11H,10H2. The predicted octanol–water partition coefficient (Wildman–Crippen LogP) is 4.19. The fourth-order valence-corrected chi connectivity index (χ4v) is 3.54. The van der Waals surface area contributed by atoms with Crippen molar-refractivity contribution in [3.63, 3.8) is 0 Å². The second kappa shape index (κ2) is 5.28. The van der Waals surface area contributed by atoms with Gasteiger partial charge in [-0.25, -0.2) is 0 Å². The van der Waals surface area contributed by atoms with Gasteiger partial charge in [0.1, 0.15) is 5.58 Å². The molecule has 5 aromatic rings. The molecule has 0 bridgehead atoms.